The van der Waals surface area contributed by atoms with Crippen LogP contribution in [0.5, 0.6) is 0 Å². The van der Waals surface area contributed by atoms with E-state index in [-0.39, 0.29) is 38.7 Å². The summed E-state index contributed by atoms with van der Waals surface area (Å²) < 4.78 is 27.7. The summed E-state index contributed by atoms with van der Waals surface area (Å²) in [7, 11) is -1.01. The van der Waals surface area contributed by atoms with Crippen molar-refractivity contribution < 1.29 is 27.9 Å². The maximum atomic E-state index is 13.5. The van der Waals surface area contributed by atoms with Crippen molar-refractivity contribution in [3.05, 3.63) is 106 Å². The van der Waals surface area contributed by atoms with Crippen LogP contribution in [0.4, 0.5) is 5.69 Å². The van der Waals surface area contributed by atoms with E-state index in [1.807, 2.05) is 6.07 Å². The lowest BCUT2D eigenvalue weighted by atomic mass is 9.96. The fourth-order valence-electron chi connectivity index (χ4n) is 4.42. The molecule has 0 unspecified atom stereocenters. The molecule has 0 bridgehead atoms. The molecule has 11 heteroatoms. The molecule has 41 heavy (non-hydrogen) atoms. The number of amides is 1. The molecule has 0 atom stereocenters. The molecule has 212 valence electrons. The number of carboxylic acids is 1. The van der Waals surface area contributed by atoms with Crippen LogP contribution in [0.15, 0.2) is 83.8 Å². The third-order valence-corrected chi connectivity index (χ3v) is 8.56. The van der Waals surface area contributed by atoms with Gasteiger partial charge in [-0.2, -0.15) is 0 Å². The second-order valence-corrected chi connectivity index (χ2v) is 12.3. The zero-order valence-electron chi connectivity index (χ0n) is 22.2. The molecule has 0 spiro atoms. The Labute approximate surface area is 247 Å². The Morgan fingerprint density at radius 1 is 0.854 bits per heavy atom. The summed E-state index contributed by atoms with van der Waals surface area (Å²) in [5, 5.41) is 10.8. The average Bonchev–Trinajstić information content (AvgIpc) is 2.93. The quantitative estimate of drug-likeness (QED) is 0.222. The molecule has 4 rings (SSSR count). The molecule has 0 heterocycles. The minimum absolute atomic E-state index is 0.0871. The SMILES string of the molecule is CN(C)C(=O)c1cccc(CCC(=O)c2cccc3cc(N(CC(=O)O)S(=O)(=O)c4cc(Cl)cc(Cl)c4)ccc23)c1. The van der Waals surface area contributed by atoms with Crippen molar-refractivity contribution in [1.82, 2.24) is 4.90 Å². The molecule has 0 saturated heterocycles. The number of sulfonamides is 1. The van der Waals surface area contributed by atoms with Crippen LogP contribution >= 0.6 is 23.2 Å². The van der Waals surface area contributed by atoms with E-state index in [1.54, 1.807) is 56.6 Å². The largest absolute Gasteiger partial charge is 0.480 e. The van der Waals surface area contributed by atoms with E-state index in [2.05, 4.69) is 0 Å². The zero-order chi connectivity index (χ0) is 29.9. The molecule has 0 radical (unpaired) electrons. The molecule has 8 nitrogen and oxygen atoms in total. The highest BCUT2D eigenvalue weighted by atomic mass is 35.5. The van der Waals surface area contributed by atoms with Gasteiger partial charge in [0.25, 0.3) is 15.9 Å². The lowest BCUT2D eigenvalue weighted by Crippen LogP contribution is -2.35. The zero-order valence-corrected chi connectivity index (χ0v) is 24.5. The highest BCUT2D eigenvalue weighted by Crippen LogP contribution is 2.31. The fraction of sp³-hybridized carbons (Fsp3) is 0.167. The number of carboxylic acid groups (broad SMARTS) is 1. The monoisotopic (exact) mass is 612 g/mol. The van der Waals surface area contributed by atoms with Crippen molar-refractivity contribution in [1.29, 1.82) is 0 Å². The van der Waals surface area contributed by atoms with Gasteiger partial charge in [0.1, 0.15) is 6.54 Å². The van der Waals surface area contributed by atoms with E-state index in [1.165, 1.54) is 35.2 Å². The Balaban J connectivity index is 1.64. The highest BCUT2D eigenvalue weighted by molar-refractivity contribution is 7.92. The van der Waals surface area contributed by atoms with Crippen LogP contribution in [-0.2, 0) is 21.2 Å². The van der Waals surface area contributed by atoms with Gasteiger partial charge in [-0.1, -0.05) is 59.6 Å². The Kier molecular flexibility index (Phi) is 9.01. The van der Waals surface area contributed by atoms with Gasteiger partial charge < -0.3 is 10.0 Å². The number of nitrogens with zero attached hydrogens (tertiary/aromatic N) is 2. The predicted octanol–water partition coefficient (Wildman–Crippen LogP) is 5.94. The molecule has 0 aromatic heterocycles. The van der Waals surface area contributed by atoms with Gasteiger partial charge in [0.2, 0.25) is 0 Å². The first kappa shape index (κ1) is 30.0. The predicted molar refractivity (Wildman–Crippen MR) is 160 cm³/mol. The molecule has 0 fully saturated rings. The van der Waals surface area contributed by atoms with Gasteiger partial charge in [0, 0.05) is 41.7 Å². The summed E-state index contributed by atoms with van der Waals surface area (Å²) in [4.78, 5) is 38.4. The average molecular weight is 614 g/mol. The van der Waals surface area contributed by atoms with Gasteiger partial charge in [0.05, 0.1) is 10.6 Å². The number of aliphatic carboxylic acids is 1. The normalized spacial score (nSPS) is 11.3. The number of aryl methyl sites for hydroxylation is 1. The van der Waals surface area contributed by atoms with Gasteiger partial charge in [-0.05, 0) is 65.2 Å². The second kappa shape index (κ2) is 12.3. The van der Waals surface area contributed by atoms with E-state index in [0.717, 1.165) is 9.87 Å². The van der Waals surface area contributed by atoms with Crippen molar-refractivity contribution in [2.75, 3.05) is 24.9 Å². The van der Waals surface area contributed by atoms with Crippen molar-refractivity contribution in [2.45, 2.75) is 17.7 Å². The highest BCUT2D eigenvalue weighted by Gasteiger charge is 2.28. The van der Waals surface area contributed by atoms with Crippen molar-refractivity contribution >= 4 is 67.3 Å². The minimum atomic E-state index is -4.35. The number of hydrogen-bond acceptors (Lipinski definition) is 5. The van der Waals surface area contributed by atoms with Crippen LogP contribution in [0, 0.1) is 0 Å². The Morgan fingerprint density at radius 2 is 1.54 bits per heavy atom. The summed E-state index contributed by atoms with van der Waals surface area (Å²) in [6, 6.07) is 20.6. The number of fused-ring (bicyclic) bond motifs is 1. The second-order valence-electron chi connectivity index (χ2n) is 9.54. The van der Waals surface area contributed by atoms with Crippen molar-refractivity contribution in [2.24, 2.45) is 0 Å². The van der Waals surface area contributed by atoms with Crippen LogP contribution in [0.25, 0.3) is 10.8 Å². The molecule has 0 aliphatic carbocycles. The standard InChI is InChI=1S/C30H26Cl2N2O6S/c1-33(2)30(38)21-7-3-5-19(13-21)9-12-28(35)27-8-4-6-20-14-24(10-11-26(20)27)34(18-29(36)37)41(39,40)25-16-22(31)15-23(32)17-25/h3-8,10-11,13-17H,9,12,18H2,1-2H3,(H,36,37). The van der Waals surface area contributed by atoms with Crippen LogP contribution < -0.4 is 4.31 Å². The van der Waals surface area contributed by atoms with Gasteiger partial charge in [-0.3, -0.25) is 18.7 Å². The summed E-state index contributed by atoms with van der Waals surface area (Å²) in [5.41, 5.74) is 1.94. The lowest BCUT2D eigenvalue weighted by molar-refractivity contribution is -0.135. The molecule has 4 aromatic rings. The van der Waals surface area contributed by atoms with E-state index in [4.69, 9.17) is 23.2 Å². The smallest absolute Gasteiger partial charge is 0.324 e. The molecule has 1 N–H and O–H groups in total. The number of rotatable bonds is 10. The fourth-order valence-corrected chi connectivity index (χ4v) is 6.56. The Morgan fingerprint density at radius 3 is 2.20 bits per heavy atom. The third kappa shape index (κ3) is 6.87. The van der Waals surface area contributed by atoms with Gasteiger partial charge >= 0.3 is 5.97 Å². The summed E-state index contributed by atoms with van der Waals surface area (Å²) in [6.07, 6.45) is 0.615. The summed E-state index contributed by atoms with van der Waals surface area (Å²) in [5.74, 6) is -1.61. The topological polar surface area (TPSA) is 112 Å². The van der Waals surface area contributed by atoms with E-state index in [9.17, 15) is 27.9 Å². The van der Waals surface area contributed by atoms with E-state index < -0.39 is 22.5 Å². The number of Topliss-reactive ketones (excluding diaryl/α,β-unsaturated/α-hetero) is 1. The van der Waals surface area contributed by atoms with Crippen molar-refractivity contribution in [3.8, 4) is 0 Å². The Hall–Kier alpha value is -3.92. The molecule has 0 aliphatic rings. The van der Waals surface area contributed by atoms with Gasteiger partial charge in [-0.15, -0.1) is 0 Å². The first-order chi connectivity index (χ1) is 19.4. The number of hydrogen-bond donors (Lipinski definition) is 1. The van der Waals surface area contributed by atoms with Crippen molar-refractivity contribution in [3.63, 3.8) is 0 Å². The summed E-state index contributed by atoms with van der Waals surface area (Å²) in [6.45, 7) is -0.841. The third-order valence-electron chi connectivity index (χ3n) is 6.38. The number of carbonyl (C=O) groups is 3. The number of anilines is 1. The molecule has 0 saturated carbocycles. The van der Waals surface area contributed by atoms with Gasteiger partial charge in [-0.25, -0.2) is 8.42 Å². The van der Waals surface area contributed by atoms with Crippen LogP contribution in [-0.4, -0.2) is 56.7 Å². The van der Waals surface area contributed by atoms with E-state index in [0.29, 0.717) is 28.3 Å². The van der Waals surface area contributed by atoms with Crippen LogP contribution in [0.3, 0.4) is 0 Å². The van der Waals surface area contributed by atoms with Gasteiger partial charge in [0.15, 0.2) is 5.78 Å². The number of benzene rings is 4. The lowest BCUT2D eigenvalue weighted by Gasteiger charge is -2.23. The Bertz CT molecular complexity index is 1750. The maximum absolute atomic E-state index is 13.5. The number of carbonyl (C=O) groups excluding carboxylic acids is 2. The van der Waals surface area contributed by atoms with E-state index >= 15 is 0 Å². The minimum Gasteiger partial charge on any atom is -0.480 e. The maximum Gasteiger partial charge on any atom is 0.324 e. The molecule has 4 aromatic carbocycles. The molecular weight excluding hydrogens is 587 g/mol. The molecular formula is C30H26Cl2N2O6S. The van der Waals surface area contributed by atoms with Crippen LogP contribution in [0.2, 0.25) is 10.0 Å². The molecule has 1 amide bonds. The van der Waals surface area contributed by atoms with Crippen LogP contribution in [0.1, 0.15) is 32.7 Å². The molecule has 0 aliphatic heterocycles. The first-order valence-electron chi connectivity index (χ1n) is 12.4. The first-order valence-corrected chi connectivity index (χ1v) is 14.6. The number of halogens is 2. The number of ketones is 1. The summed E-state index contributed by atoms with van der Waals surface area (Å²) >= 11 is 12.0.